The topological polar surface area (TPSA) is 103 Å². The number of carbonyl (C=O) groups is 2. The van der Waals surface area contributed by atoms with Crippen molar-refractivity contribution in [1.82, 2.24) is 9.88 Å². The predicted molar refractivity (Wildman–Crippen MR) is 87.0 cm³/mol. The molecule has 7 heteroatoms. The Bertz CT molecular complexity index is 774. The van der Waals surface area contributed by atoms with Crippen molar-refractivity contribution in [2.45, 2.75) is 24.9 Å². The van der Waals surface area contributed by atoms with Gasteiger partial charge in [0.15, 0.2) is 5.60 Å². The van der Waals surface area contributed by atoms with E-state index in [1.54, 1.807) is 18.2 Å². The molecular formula is C17H20N2O5. The predicted octanol–water partition coefficient (Wildman–Crippen LogP) is 1.16. The molecule has 0 bridgehead atoms. The maximum absolute atomic E-state index is 12.5. The third-order valence-electron chi connectivity index (χ3n) is 4.66. The number of carboxylic acids is 1. The van der Waals surface area contributed by atoms with Crippen molar-refractivity contribution in [3.63, 3.8) is 0 Å². The minimum Gasteiger partial charge on any atom is -0.497 e. The Morgan fingerprint density at radius 3 is 2.67 bits per heavy atom. The fraction of sp³-hybridized carbons (Fsp3) is 0.412. The number of carboxylic acid groups (broad SMARTS) is 1. The average molecular weight is 332 g/mol. The highest BCUT2D eigenvalue weighted by Gasteiger charge is 2.40. The average Bonchev–Trinajstić information content (AvgIpc) is 2.97. The maximum Gasteiger partial charge on any atom is 0.335 e. The molecule has 128 valence electrons. The van der Waals surface area contributed by atoms with Crippen LogP contribution in [0, 0.1) is 0 Å². The summed E-state index contributed by atoms with van der Waals surface area (Å²) in [5.74, 6) is -0.579. The number of fused-ring (bicyclic) bond motifs is 1. The number of likely N-dealkylation sites (tertiary alicyclic amines) is 1. The van der Waals surface area contributed by atoms with E-state index in [2.05, 4.69) is 4.98 Å². The quantitative estimate of drug-likeness (QED) is 0.779. The third-order valence-corrected chi connectivity index (χ3v) is 4.66. The summed E-state index contributed by atoms with van der Waals surface area (Å²) < 4.78 is 5.22. The Hall–Kier alpha value is -2.54. The molecule has 0 saturated carbocycles. The van der Waals surface area contributed by atoms with Crippen LogP contribution in [-0.4, -0.2) is 57.8 Å². The van der Waals surface area contributed by atoms with Crippen molar-refractivity contribution in [3.8, 4) is 5.75 Å². The highest BCUT2D eigenvalue weighted by atomic mass is 16.5. The van der Waals surface area contributed by atoms with E-state index in [0.29, 0.717) is 0 Å². The minimum absolute atomic E-state index is 0.0514. The standard InChI is InChI=1S/C17H20N2O5/c1-24-12-2-3-14-13(9-12)11(10-18-14)8-15(20)19-6-4-17(23,5-7-19)16(21)22/h2-3,9-10,18,23H,4-8H2,1H3,(H,21,22). The van der Waals surface area contributed by atoms with Gasteiger partial charge in [0.2, 0.25) is 5.91 Å². The number of aromatic amines is 1. The lowest BCUT2D eigenvalue weighted by Crippen LogP contribution is -2.51. The van der Waals surface area contributed by atoms with Gasteiger partial charge in [-0.05, 0) is 23.8 Å². The lowest BCUT2D eigenvalue weighted by Gasteiger charge is -2.35. The molecule has 7 nitrogen and oxygen atoms in total. The molecular weight excluding hydrogens is 312 g/mol. The van der Waals surface area contributed by atoms with Crippen LogP contribution in [0.25, 0.3) is 10.9 Å². The summed E-state index contributed by atoms with van der Waals surface area (Å²) in [6.45, 7) is 0.487. The second kappa shape index (κ2) is 6.16. The number of aliphatic carboxylic acids is 1. The summed E-state index contributed by atoms with van der Waals surface area (Å²) in [4.78, 5) is 28.3. The van der Waals surface area contributed by atoms with E-state index < -0.39 is 11.6 Å². The van der Waals surface area contributed by atoms with E-state index in [-0.39, 0.29) is 38.3 Å². The van der Waals surface area contributed by atoms with Gasteiger partial charge < -0.3 is 24.8 Å². The molecule has 0 unspecified atom stereocenters. The van der Waals surface area contributed by atoms with E-state index in [0.717, 1.165) is 22.2 Å². The number of carbonyl (C=O) groups excluding carboxylic acids is 1. The first-order valence-electron chi connectivity index (χ1n) is 7.80. The Morgan fingerprint density at radius 1 is 1.33 bits per heavy atom. The molecule has 0 radical (unpaired) electrons. The summed E-state index contributed by atoms with van der Waals surface area (Å²) in [5, 5.41) is 19.9. The van der Waals surface area contributed by atoms with Gasteiger partial charge in [0.1, 0.15) is 5.75 Å². The molecule has 3 rings (SSSR count). The fourth-order valence-corrected chi connectivity index (χ4v) is 3.05. The molecule has 2 aromatic rings. The summed E-state index contributed by atoms with van der Waals surface area (Å²) in [7, 11) is 1.59. The van der Waals surface area contributed by atoms with Gasteiger partial charge in [-0.3, -0.25) is 4.79 Å². The van der Waals surface area contributed by atoms with Crippen molar-refractivity contribution in [1.29, 1.82) is 0 Å². The maximum atomic E-state index is 12.5. The number of piperidine rings is 1. The van der Waals surface area contributed by atoms with Gasteiger partial charge in [0.25, 0.3) is 0 Å². The number of benzene rings is 1. The van der Waals surface area contributed by atoms with Crippen molar-refractivity contribution in [2.24, 2.45) is 0 Å². The van der Waals surface area contributed by atoms with Crippen LogP contribution in [0.5, 0.6) is 5.75 Å². The Kier molecular flexibility index (Phi) is 4.19. The number of hydrogen-bond acceptors (Lipinski definition) is 4. The largest absolute Gasteiger partial charge is 0.497 e. The van der Waals surface area contributed by atoms with Gasteiger partial charge in [0, 0.05) is 43.0 Å². The molecule has 24 heavy (non-hydrogen) atoms. The fourth-order valence-electron chi connectivity index (χ4n) is 3.05. The van der Waals surface area contributed by atoms with Crippen LogP contribution in [0.3, 0.4) is 0 Å². The Labute approximate surface area is 138 Å². The zero-order valence-electron chi connectivity index (χ0n) is 13.4. The van der Waals surface area contributed by atoms with Gasteiger partial charge in [-0.1, -0.05) is 0 Å². The SMILES string of the molecule is COc1ccc2[nH]cc(CC(=O)N3CCC(O)(C(=O)O)CC3)c2c1. The van der Waals surface area contributed by atoms with Gasteiger partial charge in [-0.2, -0.15) is 0 Å². The number of amides is 1. The second-order valence-electron chi connectivity index (χ2n) is 6.12. The molecule has 0 spiro atoms. The highest BCUT2D eigenvalue weighted by molar-refractivity contribution is 5.90. The lowest BCUT2D eigenvalue weighted by atomic mass is 9.91. The van der Waals surface area contributed by atoms with Gasteiger partial charge in [0.05, 0.1) is 13.5 Å². The molecule has 0 aliphatic carbocycles. The van der Waals surface area contributed by atoms with E-state index in [4.69, 9.17) is 9.84 Å². The number of hydrogen-bond donors (Lipinski definition) is 3. The molecule has 1 aromatic heterocycles. The normalized spacial score (nSPS) is 17.0. The molecule has 1 amide bonds. The van der Waals surface area contributed by atoms with Crippen LogP contribution in [0.1, 0.15) is 18.4 Å². The summed E-state index contributed by atoms with van der Waals surface area (Å²) >= 11 is 0. The molecule has 1 aliphatic heterocycles. The van der Waals surface area contributed by atoms with Crippen LogP contribution in [0.4, 0.5) is 0 Å². The molecule has 2 heterocycles. The van der Waals surface area contributed by atoms with E-state index >= 15 is 0 Å². The van der Waals surface area contributed by atoms with Crippen molar-refractivity contribution in [3.05, 3.63) is 30.0 Å². The van der Waals surface area contributed by atoms with Crippen LogP contribution in [-0.2, 0) is 16.0 Å². The zero-order valence-corrected chi connectivity index (χ0v) is 13.4. The Balaban J connectivity index is 1.71. The highest BCUT2D eigenvalue weighted by Crippen LogP contribution is 2.26. The minimum atomic E-state index is -1.72. The molecule has 3 N–H and O–H groups in total. The van der Waals surface area contributed by atoms with E-state index in [1.807, 2.05) is 18.2 Å². The summed E-state index contributed by atoms with van der Waals surface area (Å²) in [5.41, 5.74) is 0.0794. The monoisotopic (exact) mass is 332 g/mol. The first kappa shape index (κ1) is 16.3. The smallest absolute Gasteiger partial charge is 0.335 e. The number of ether oxygens (including phenoxy) is 1. The number of aromatic nitrogens is 1. The van der Waals surface area contributed by atoms with Crippen molar-refractivity contribution in [2.75, 3.05) is 20.2 Å². The number of rotatable bonds is 4. The van der Waals surface area contributed by atoms with Gasteiger partial charge >= 0.3 is 5.97 Å². The van der Waals surface area contributed by atoms with Crippen LogP contribution in [0.15, 0.2) is 24.4 Å². The zero-order chi connectivity index (χ0) is 17.3. The number of nitrogens with zero attached hydrogens (tertiary/aromatic N) is 1. The summed E-state index contributed by atoms with van der Waals surface area (Å²) in [6, 6.07) is 5.63. The number of H-pyrrole nitrogens is 1. The first-order chi connectivity index (χ1) is 11.4. The van der Waals surface area contributed by atoms with E-state index in [9.17, 15) is 14.7 Å². The second-order valence-corrected chi connectivity index (χ2v) is 6.12. The summed E-state index contributed by atoms with van der Waals surface area (Å²) in [6.07, 6.45) is 2.13. The first-order valence-corrected chi connectivity index (χ1v) is 7.80. The van der Waals surface area contributed by atoms with Crippen molar-refractivity contribution < 1.29 is 24.5 Å². The number of nitrogens with one attached hydrogen (secondary N) is 1. The van der Waals surface area contributed by atoms with Crippen molar-refractivity contribution >= 4 is 22.8 Å². The van der Waals surface area contributed by atoms with Gasteiger partial charge in [-0.25, -0.2) is 4.79 Å². The van der Waals surface area contributed by atoms with Gasteiger partial charge in [-0.15, -0.1) is 0 Å². The van der Waals surface area contributed by atoms with E-state index in [1.165, 1.54) is 0 Å². The Morgan fingerprint density at radius 2 is 2.04 bits per heavy atom. The van der Waals surface area contributed by atoms with Crippen LogP contribution < -0.4 is 4.74 Å². The molecule has 1 aliphatic rings. The molecule has 1 saturated heterocycles. The third kappa shape index (κ3) is 2.94. The lowest BCUT2D eigenvalue weighted by molar-refractivity contribution is -0.165. The van der Waals surface area contributed by atoms with Crippen LogP contribution in [0.2, 0.25) is 0 Å². The number of aliphatic hydroxyl groups is 1. The number of methoxy groups -OCH3 is 1. The molecule has 0 atom stereocenters. The molecule has 1 aromatic carbocycles. The van der Waals surface area contributed by atoms with Crippen LogP contribution >= 0.6 is 0 Å². The molecule has 1 fully saturated rings.